The molecule has 1 saturated carbocycles. The molecule has 0 unspecified atom stereocenters. The largest absolute Gasteiger partial charge is 0.363 e. The van der Waals surface area contributed by atoms with Gasteiger partial charge in [0.1, 0.15) is 30.1 Å². The third-order valence-corrected chi connectivity index (χ3v) is 6.63. The third-order valence-electron chi connectivity index (χ3n) is 6.63. The second-order valence-electron chi connectivity index (χ2n) is 9.10. The van der Waals surface area contributed by atoms with Gasteiger partial charge in [-0.2, -0.15) is 0 Å². The van der Waals surface area contributed by atoms with Gasteiger partial charge in [-0.3, -0.25) is 0 Å². The van der Waals surface area contributed by atoms with E-state index in [1.807, 2.05) is 19.0 Å². The van der Waals surface area contributed by atoms with Crippen LogP contribution in [-0.4, -0.2) is 77.7 Å². The summed E-state index contributed by atoms with van der Waals surface area (Å²) in [7, 11) is 6.25. The molecule has 2 aromatic rings. The summed E-state index contributed by atoms with van der Waals surface area (Å²) in [5, 5.41) is 0. The van der Waals surface area contributed by atoms with E-state index in [0.717, 1.165) is 62.9 Å². The quantitative estimate of drug-likeness (QED) is 0.744. The molecule has 8 nitrogen and oxygen atoms in total. The highest BCUT2D eigenvalue weighted by molar-refractivity contribution is 5.53. The molecule has 0 radical (unpaired) electrons. The molecule has 8 heteroatoms. The van der Waals surface area contributed by atoms with Gasteiger partial charge in [-0.15, -0.1) is 0 Å². The molecular formula is C22H32N8. The highest BCUT2D eigenvalue weighted by atomic mass is 15.3. The van der Waals surface area contributed by atoms with Crippen molar-refractivity contribution >= 4 is 17.5 Å². The van der Waals surface area contributed by atoms with Gasteiger partial charge in [0.15, 0.2) is 0 Å². The number of piperidine rings is 1. The standard InChI is InChI=1S/C22H32N8/c1-27(2)20-12-21(25-15-24-20)30(16-4-5-16)17-6-10-29(11-7-17)22-18-13-28(3)9-8-19(18)23-14-26-22/h12,14-17H,4-11,13H2,1-3H3. The van der Waals surface area contributed by atoms with E-state index in [4.69, 9.17) is 4.98 Å². The van der Waals surface area contributed by atoms with Gasteiger partial charge < -0.3 is 19.6 Å². The molecule has 2 aromatic heterocycles. The summed E-state index contributed by atoms with van der Waals surface area (Å²) in [5.41, 5.74) is 2.56. The average Bonchev–Trinajstić information content (AvgIpc) is 3.59. The Morgan fingerprint density at radius 3 is 2.30 bits per heavy atom. The first-order chi connectivity index (χ1) is 14.6. The van der Waals surface area contributed by atoms with Gasteiger partial charge in [-0.25, -0.2) is 19.9 Å². The van der Waals surface area contributed by atoms with Crippen molar-refractivity contribution in [2.24, 2.45) is 0 Å². The number of hydrogen-bond acceptors (Lipinski definition) is 8. The molecule has 3 aliphatic rings. The van der Waals surface area contributed by atoms with E-state index in [2.05, 4.69) is 42.8 Å². The fourth-order valence-corrected chi connectivity index (χ4v) is 4.84. The van der Waals surface area contributed by atoms with Gasteiger partial charge in [-0.05, 0) is 32.7 Å². The molecule has 0 N–H and O–H groups in total. The number of fused-ring (bicyclic) bond motifs is 1. The highest BCUT2D eigenvalue weighted by Gasteiger charge is 2.37. The van der Waals surface area contributed by atoms with Crippen molar-refractivity contribution in [1.29, 1.82) is 0 Å². The van der Waals surface area contributed by atoms with Crippen LogP contribution in [0.1, 0.15) is 36.9 Å². The third kappa shape index (κ3) is 3.80. The van der Waals surface area contributed by atoms with Crippen LogP contribution in [0.15, 0.2) is 18.7 Å². The first-order valence-corrected chi connectivity index (χ1v) is 11.1. The van der Waals surface area contributed by atoms with Crippen LogP contribution in [0.25, 0.3) is 0 Å². The zero-order chi connectivity index (χ0) is 20.7. The molecule has 160 valence electrons. The van der Waals surface area contributed by atoms with E-state index in [0.29, 0.717) is 12.1 Å². The Bertz CT molecular complexity index is 888. The van der Waals surface area contributed by atoms with Crippen molar-refractivity contribution < 1.29 is 0 Å². The first-order valence-electron chi connectivity index (χ1n) is 11.1. The van der Waals surface area contributed by atoms with Gasteiger partial charge in [0.25, 0.3) is 0 Å². The van der Waals surface area contributed by atoms with E-state index in [9.17, 15) is 0 Å². The van der Waals surface area contributed by atoms with E-state index in [1.165, 1.54) is 24.1 Å². The zero-order valence-electron chi connectivity index (χ0n) is 18.3. The minimum atomic E-state index is 0.527. The Hall–Kier alpha value is -2.48. The van der Waals surface area contributed by atoms with Crippen molar-refractivity contribution in [1.82, 2.24) is 24.8 Å². The number of aromatic nitrogens is 4. The smallest absolute Gasteiger partial charge is 0.136 e. The van der Waals surface area contributed by atoms with Gasteiger partial charge in [0, 0.05) is 70.4 Å². The van der Waals surface area contributed by atoms with Gasteiger partial charge >= 0.3 is 0 Å². The summed E-state index contributed by atoms with van der Waals surface area (Å²) >= 11 is 0. The summed E-state index contributed by atoms with van der Waals surface area (Å²) in [6, 6.07) is 3.30. The molecular weight excluding hydrogens is 376 g/mol. The molecule has 1 saturated heterocycles. The summed E-state index contributed by atoms with van der Waals surface area (Å²) in [6.07, 6.45) is 9.29. The Morgan fingerprint density at radius 2 is 1.57 bits per heavy atom. The van der Waals surface area contributed by atoms with Gasteiger partial charge in [-0.1, -0.05) is 0 Å². The Labute approximate surface area is 178 Å². The Morgan fingerprint density at radius 1 is 0.867 bits per heavy atom. The van der Waals surface area contributed by atoms with Crippen LogP contribution in [0.3, 0.4) is 0 Å². The molecule has 0 spiro atoms. The molecule has 4 heterocycles. The van der Waals surface area contributed by atoms with Crippen LogP contribution >= 0.6 is 0 Å². The fourth-order valence-electron chi connectivity index (χ4n) is 4.84. The van der Waals surface area contributed by atoms with E-state index < -0.39 is 0 Å². The van der Waals surface area contributed by atoms with Crippen molar-refractivity contribution in [3.05, 3.63) is 30.0 Å². The number of likely N-dealkylation sites (N-methyl/N-ethyl adjacent to an activating group) is 1. The summed E-state index contributed by atoms with van der Waals surface area (Å²) < 4.78 is 0. The van der Waals surface area contributed by atoms with E-state index in [1.54, 1.807) is 12.7 Å². The minimum absolute atomic E-state index is 0.527. The minimum Gasteiger partial charge on any atom is -0.363 e. The molecule has 1 aliphatic carbocycles. The topological polar surface area (TPSA) is 64.5 Å². The Kier molecular flexibility index (Phi) is 5.18. The molecule has 2 aliphatic heterocycles. The molecule has 30 heavy (non-hydrogen) atoms. The number of nitrogens with zero attached hydrogens (tertiary/aromatic N) is 8. The molecule has 2 fully saturated rings. The van der Waals surface area contributed by atoms with E-state index in [-0.39, 0.29) is 0 Å². The monoisotopic (exact) mass is 408 g/mol. The van der Waals surface area contributed by atoms with Crippen molar-refractivity contribution in [2.75, 3.05) is 55.5 Å². The molecule has 0 aromatic carbocycles. The number of anilines is 3. The summed E-state index contributed by atoms with van der Waals surface area (Å²) in [5.74, 6) is 3.20. The van der Waals surface area contributed by atoms with Crippen LogP contribution in [0, 0.1) is 0 Å². The molecule has 0 amide bonds. The van der Waals surface area contributed by atoms with Crippen LogP contribution in [0.5, 0.6) is 0 Å². The van der Waals surface area contributed by atoms with Crippen LogP contribution in [-0.2, 0) is 13.0 Å². The Balaban J connectivity index is 1.33. The maximum atomic E-state index is 4.71. The van der Waals surface area contributed by atoms with Crippen LogP contribution < -0.4 is 14.7 Å². The lowest BCUT2D eigenvalue weighted by Gasteiger charge is -2.41. The van der Waals surface area contributed by atoms with Crippen LogP contribution in [0.4, 0.5) is 17.5 Å². The second kappa shape index (κ2) is 7.98. The lowest BCUT2D eigenvalue weighted by atomic mass is 10.0. The van der Waals surface area contributed by atoms with Gasteiger partial charge in [0.2, 0.25) is 0 Å². The average molecular weight is 409 g/mol. The zero-order valence-corrected chi connectivity index (χ0v) is 18.3. The lowest BCUT2D eigenvalue weighted by Crippen LogP contribution is -2.47. The summed E-state index contributed by atoms with van der Waals surface area (Å²) in [4.78, 5) is 27.8. The second-order valence-corrected chi connectivity index (χ2v) is 9.10. The molecule has 0 bridgehead atoms. The van der Waals surface area contributed by atoms with Crippen molar-refractivity contribution in [3.8, 4) is 0 Å². The van der Waals surface area contributed by atoms with E-state index >= 15 is 0 Å². The SMILES string of the molecule is CN1CCc2ncnc(N3CCC(N(c4cc(N(C)C)ncn4)C4CC4)CC3)c2C1. The molecule has 5 rings (SSSR count). The van der Waals surface area contributed by atoms with Gasteiger partial charge in [0.05, 0.1) is 5.69 Å². The predicted molar refractivity (Wildman–Crippen MR) is 119 cm³/mol. The predicted octanol–water partition coefficient (Wildman–Crippen LogP) is 1.96. The number of rotatable bonds is 5. The maximum Gasteiger partial charge on any atom is 0.136 e. The fraction of sp³-hybridized carbons (Fsp3) is 0.636. The first kappa shape index (κ1) is 19.5. The van der Waals surface area contributed by atoms with Crippen LogP contribution in [0.2, 0.25) is 0 Å². The van der Waals surface area contributed by atoms with Crippen molar-refractivity contribution in [3.63, 3.8) is 0 Å². The summed E-state index contributed by atoms with van der Waals surface area (Å²) in [6.45, 7) is 4.10. The number of hydrogen-bond donors (Lipinski definition) is 0. The normalized spacial score (nSPS) is 20.2. The maximum absolute atomic E-state index is 4.71. The van der Waals surface area contributed by atoms with Crippen molar-refractivity contribution in [2.45, 2.75) is 50.7 Å². The molecule has 0 atom stereocenters. The highest BCUT2D eigenvalue weighted by Crippen LogP contribution is 2.37. The lowest BCUT2D eigenvalue weighted by molar-refractivity contribution is 0.308.